The smallest absolute Gasteiger partial charge is 0.314 e. The van der Waals surface area contributed by atoms with E-state index < -0.39 is 35.4 Å². The molecule has 0 heterocycles. The van der Waals surface area contributed by atoms with E-state index in [-0.39, 0.29) is 11.1 Å². The molecule has 1 fully saturated rings. The monoisotopic (exact) mass is 453 g/mol. The van der Waals surface area contributed by atoms with Crippen molar-refractivity contribution in [1.29, 1.82) is 0 Å². The summed E-state index contributed by atoms with van der Waals surface area (Å²) in [6, 6.07) is 7.54. The maximum atomic E-state index is 12.8. The first-order chi connectivity index (χ1) is 13.6. The number of hydrogen-bond donors (Lipinski definition) is 2. The van der Waals surface area contributed by atoms with E-state index in [0.29, 0.717) is 19.4 Å². The van der Waals surface area contributed by atoms with Gasteiger partial charge >= 0.3 is 5.97 Å². The van der Waals surface area contributed by atoms with E-state index in [1.807, 2.05) is 45.0 Å². The molecule has 0 saturated heterocycles. The van der Waals surface area contributed by atoms with Crippen molar-refractivity contribution in [2.75, 3.05) is 6.61 Å². The van der Waals surface area contributed by atoms with Gasteiger partial charge in [-0.3, -0.25) is 4.79 Å². The molecule has 1 aliphatic carbocycles. The Morgan fingerprint density at radius 3 is 2.07 bits per heavy atom. The standard InChI is InChI=1S/C23H39NO4SSi/c1-21(2,3)29(27)24-19(16-28-30(7,8)22(4,5)6)17-10-12-18(13-11-17)23(20(25)26)14-9-15-23/h10-13,19,24H,9,14-16H2,1-8H3,(H,25,26). The Balaban J connectivity index is 2.27. The zero-order chi connectivity index (χ0) is 23.0. The van der Waals surface area contributed by atoms with Crippen molar-refractivity contribution in [2.24, 2.45) is 0 Å². The molecule has 0 radical (unpaired) electrons. The summed E-state index contributed by atoms with van der Waals surface area (Å²) in [5.74, 6) is -0.744. The minimum atomic E-state index is -1.97. The van der Waals surface area contributed by atoms with Gasteiger partial charge in [0.1, 0.15) is 0 Å². The van der Waals surface area contributed by atoms with Gasteiger partial charge in [0.05, 0.1) is 33.8 Å². The predicted octanol–water partition coefficient (Wildman–Crippen LogP) is 5.31. The third-order valence-corrected chi connectivity index (χ3v) is 12.8. The normalized spacial score (nSPS) is 19.1. The Morgan fingerprint density at radius 2 is 1.70 bits per heavy atom. The number of carboxylic acid groups (broad SMARTS) is 1. The number of nitrogens with one attached hydrogen (secondary N) is 1. The summed E-state index contributed by atoms with van der Waals surface area (Å²) in [5.41, 5.74) is 1.08. The minimum Gasteiger partial charge on any atom is -0.481 e. The van der Waals surface area contributed by atoms with Crippen molar-refractivity contribution >= 4 is 25.3 Å². The van der Waals surface area contributed by atoms with Crippen LogP contribution in [0.3, 0.4) is 0 Å². The Labute approximate surface area is 185 Å². The van der Waals surface area contributed by atoms with Crippen LogP contribution in [0.25, 0.3) is 0 Å². The van der Waals surface area contributed by atoms with Crippen molar-refractivity contribution in [3.8, 4) is 0 Å². The van der Waals surface area contributed by atoms with Crippen molar-refractivity contribution in [3.05, 3.63) is 35.4 Å². The highest BCUT2D eigenvalue weighted by Gasteiger charge is 2.46. The van der Waals surface area contributed by atoms with Gasteiger partial charge in [0.2, 0.25) is 0 Å². The number of hydrogen-bond acceptors (Lipinski definition) is 3. The highest BCUT2D eigenvalue weighted by atomic mass is 32.2. The van der Waals surface area contributed by atoms with E-state index in [1.54, 1.807) is 0 Å². The van der Waals surface area contributed by atoms with Gasteiger partial charge < -0.3 is 9.53 Å². The van der Waals surface area contributed by atoms with Gasteiger partial charge in [0.25, 0.3) is 0 Å². The highest BCUT2D eigenvalue weighted by molar-refractivity contribution is 7.84. The molecule has 0 aliphatic heterocycles. The van der Waals surface area contributed by atoms with Crippen LogP contribution in [0.15, 0.2) is 24.3 Å². The van der Waals surface area contributed by atoms with Gasteiger partial charge in [-0.15, -0.1) is 0 Å². The number of aliphatic carboxylic acids is 1. The minimum absolute atomic E-state index is 0.0860. The molecule has 0 bridgehead atoms. The summed E-state index contributed by atoms with van der Waals surface area (Å²) in [5, 5.41) is 9.79. The fraction of sp³-hybridized carbons (Fsp3) is 0.696. The molecule has 0 aromatic heterocycles. The molecule has 2 unspecified atom stereocenters. The molecule has 1 aromatic carbocycles. The van der Waals surface area contributed by atoms with Crippen molar-refractivity contribution < 1.29 is 18.5 Å². The molecule has 0 spiro atoms. The maximum Gasteiger partial charge on any atom is 0.314 e. The van der Waals surface area contributed by atoms with Crippen molar-refractivity contribution in [1.82, 2.24) is 4.72 Å². The molecule has 30 heavy (non-hydrogen) atoms. The molecule has 0 amide bonds. The summed E-state index contributed by atoms with van der Waals surface area (Å²) in [7, 11) is -3.21. The van der Waals surface area contributed by atoms with Gasteiger partial charge in [-0.05, 0) is 62.9 Å². The van der Waals surface area contributed by atoms with Crippen LogP contribution in [0, 0.1) is 0 Å². The van der Waals surface area contributed by atoms with E-state index in [2.05, 4.69) is 38.6 Å². The second-order valence-corrected chi connectivity index (χ2v) is 17.8. The fourth-order valence-electron chi connectivity index (χ4n) is 3.20. The Bertz CT molecular complexity index is 774. The first-order valence-electron chi connectivity index (χ1n) is 10.8. The van der Waals surface area contributed by atoms with Gasteiger partial charge in [0.15, 0.2) is 8.32 Å². The summed E-state index contributed by atoms with van der Waals surface area (Å²) >= 11 is 0. The lowest BCUT2D eigenvalue weighted by atomic mass is 9.64. The molecule has 1 saturated carbocycles. The van der Waals surface area contributed by atoms with Crippen LogP contribution in [-0.4, -0.2) is 35.0 Å². The van der Waals surface area contributed by atoms with Crippen LogP contribution >= 0.6 is 0 Å². The summed E-state index contributed by atoms with van der Waals surface area (Å²) in [6.07, 6.45) is 2.32. The lowest BCUT2D eigenvalue weighted by molar-refractivity contribution is -0.147. The van der Waals surface area contributed by atoms with Crippen molar-refractivity contribution in [3.63, 3.8) is 0 Å². The summed E-state index contributed by atoms with van der Waals surface area (Å²) in [6.45, 7) is 17.3. The number of benzene rings is 1. The maximum absolute atomic E-state index is 12.8. The lowest BCUT2D eigenvalue weighted by Gasteiger charge is -2.39. The van der Waals surface area contributed by atoms with Crippen molar-refractivity contribution in [2.45, 2.75) is 95.1 Å². The second kappa shape index (κ2) is 8.85. The average Bonchev–Trinajstić information content (AvgIpc) is 2.56. The zero-order valence-corrected chi connectivity index (χ0v) is 21.6. The first-order valence-corrected chi connectivity index (χ1v) is 14.8. The van der Waals surface area contributed by atoms with E-state index in [4.69, 9.17) is 4.43 Å². The first kappa shape index (κ1) is 25.2. The van der Waals surface area contributed by atoms with Gasteiger partial charge in [-0.2, -0.15) is 0 Å². The molecule has 1 aromatic rings. The van der Waals surface area contributed by atoms with Crippen LogP contribution in [0.1, 0.15) is 78.0 Å². The average molecular weight is 454 g/mol. The predicted molar refractivity (Wildman–Crippen MR) is 127 cm³/mol. The largest absolute Gasteiger partial charge is 0.481 e. The van der Waals surface area contributed by atoms with Gasteiger partial charge in [-0.1, -0.05) is 51.5 Å². The number of carbonyl (C=O) groups is 1. The third-order valence-electron chi connectivity index (χ3n) is 6.70. The Hall–Kier alpha value is -1.02. The van der Waals surface area contributed by atoms with E-state index in [9.17, 15) is 14.1 Å². The molecule has 2 N–H and O–H groups in total. The molecule has 2 rings (SSSR count). The van der Waals surface area contributed by atoms with Gasteiger partial charge in [0, 0.05) is 0 Å². The molecule has 7 heteroatoms. The quantitative estimate of drug-likeness (QED) is 0.523. The SMILES string of the molecule is CC(C)(C)S(=O)NC(CO[Si](C)(C)C(C)(C)C)c1ccc(C2(C(=O)O)CCC2)cc1. The topological polar surface area (TPSA) is 75.6 Å². The third kappa shape index (κ3) is 5.42. The van der Waals surface area contributed by atoms with E-state index in [1.165, 1.54) is 0 Å². The number of rotatable bonds is 8. The highest BCUT2D eigenvalue weighted by Crippen LogP contribution is 2.44. The molecule has 170 valence electrons. The summed E-state index contributed by atoms with van der Waals surface area (Å²) < 4.78 is 22.1. The summed E-state index contributed by atoms with van der Waals surface area (Å²) in [4.78, 5) is 11.8. The van der Waals surface area contributed by atoms with Crippen LogP contribution in [0.5, 0.6) is 0 Å². The van der Waals surface area contributed by atoms with Crippen LogP contribution in [-0.2, 0) is 25.6 Å². The molecule has 2 atom stereocenters. The zero-order valence-electron chi connectivity index (χ0n) is 19.8. The van der Waals surface area contributed by atoms with Crippen LogP contribution in [0.2, 0.25) is 18.1 Å². The lowest BCUT2D eigenvalue weighted by Crippen LogP contribution is -2.44. The van der Waals surface area contributed by atoms with E-state index in [0.717, 1.165) is 17.5 Å². The fourth-order valence-corrected chi connectivity index (χ4v) is 5.04. The van der Waals surface area contributed by atoms with Gasteiger partial charge in [-0.25, -0.2) is 8.93 Å². The number of carboxylic acids is 1. The second-order valence-electron chi connectivity index (χ2n) is 11.0. The van der Waals surface area contributed by atoms with E-state index >= 15 is 0 Å². The molecular weight excluding hydrogens is 414 g/mol. The molecule has 1 aliphatic rings. The van der Waals surface area contributed by atoms with Crippen LogP contribution < -0.4 is 4.72 Å². The Kier molecular flexibility index (Phi) is 7.44. The van der Waals surface area contributed by atoms with Crippen LogP contribution in [0.4, 0.5) is 0 Å². The molecular formula is C23H39NO4SSi. The molecule has 5 nitrogen and oxygen atoms in total. The Morgan fingerprint density at radius 1 is 1.17 bits per heavy atom.